The van der Waals surface area contributed by atoms with Crippen molar-refractivity contribution in [2.24, 2.45) is 0 Å². The van der Waals surface area contributed by atoms with E-state index in [1.165, 1.54) is 0 Å². The zero-order valence-electron chi connectivity index (χ0n) is 16.9. The molecule has 2 saturated heterocycles. The Kier molecular flexibility index (Phi) is 6.09. The average Bonchev–Trinajstić information content (AvgIpc) is 2.80. The third-order valence-electron chi connectivity index (χ3n) is 5.50. The summed E-state index contributed by atoms with van der Waals surface area (Å²) >= 11 is 0. The number of ether oxygens (including phenoxy) is 1. The van der Waals surface area contributed by atoms with Crippen molar-refractivity contribution in [1.29, 1.82) is 0 Å². The molecule has 8 nitrogen and oxygen atoms in total. The highest BCUT2D eigenvalue weighted by atomic mass is 16.5. The van der Waals surface area contributed by atoms with E-state index in [1.807, 2.05) is 29.2 Å². The minimum Gasteiger partial charge on any atom is -0.378 e. The molecule has 2 aliphatic rings. The highest BCUT2D eigenvalue weighted by Crippen LogP contribution is 2.21. The Morgan fingerprint density at radius 3 is 2.34 bits per heavy atom. The summed E-state index contributed by atoms with van der Waals surface area (Å²) in [5, 5.41) is 3.06. The minimum atomic E-state index is -0.0396. The summed E-state index contributed by atoms with van der Waals surface area (Å²) in [4.78, 5) is 27.9. The van der Waals surface area contributed by atoms with Crippen molar-refractivity contribution in [3.05, 3.63) is 42.2 Å². The van der Waals surface area contributed by atoms with Crippen molar-refractivity contribution in [2.75, 3.05) is 67.6 Å². The first-order chi connectivity index (χ1) is 14.2. The molecule has 1 aromatic carbocycles. The van der Waals surface area contributed by atoms with Gasteiger partial charge in [-0.05, 0) is 18.1 Å². The Labute approximate surface area is 171 Å². The van der Waals surface area contributed by atoms with E-state index in [0.29, 0.717) is 13.1 Å². The van der Waals surface area contributed by atoms with Gasteiger partial charge in [-0.15, -0.1) is 0 Å². The summed E-state index contributed by atoms with van der Waals surface area (Å²) in [6, 6.07) is 9.96. The van der Waals surface area contributed by atoms with Gasteiger partial charge >= 0.3 is 6.03 Å². The normalized spacial score (nSPS) is 17.3. The van der Waals surface area contributed by atoms with Crippen LogP contribution in [0.4, 0.5) is 22.1 Å². The van der Waals surface area contributed by atoms with Crippen LogP contribution in [0.2, 0.25) is 0 Å². The molecule has 0 spiro atoms. The number of aromatic nitrogens is 2. The molecule has 1 N–H and O–H groups in total. The van der Waals surface area contributed by atoms with Crippen LogP contribution in [-0.2, 0) is 11.2 Å². The Balaban J connectivity index is 1.35. The van der Waals surface area contributed by atoms with Crippen LogP contribution in [0.15, 0.2) is 36.7 Å². The van der Waals surface area contributed by atoms with Crippen molar-refractivity contribution in [3.63, 3.8) is 0 Å². The van der Waals surface area contributed by atoms with E-state index < -0.39 is 0 Å². The molecule has 0 bridgehead atoms. The molecule has 0 aliphatic carbocycles. The molecule has 8 heteroatoms. The summed E-state index contributed by atoms with van der Waals surface area (Å²) in [7, 11) is 0. The lowest BCUT2D eigenvalue weighted by atomic mass is 10.1. The van der Waals surface area contributed by atoms with Gasteiger partial charge in [0.1, 0.15) is 18.0 Å². The molecule has 2 fully saturated rings. The summed E-state index contributed by atoms with van der Waals surface area (Å²) in [6.07, 6.45) is 2.52. The molecule has 2 aromatic rings. The average molecular weight is 396 g/mol. The largest absolute Gasteiger partial charge is 0.378 e. The van der Waals surface area contributed by atoms with Gasteiger partial charge in [-0.1, -0.05) is 25.1 Å². The van der Waals surface area contributed by atoms with Crippen LogP contribution in [0, 0.1) is 0 Å². The monoisotopic (exact) mass is 396 g/mol. The van der Waals surface area contributed by atoms with Crippen LogP contribution in [0.1, 0.15) is 12.5 Å². The van der Waals surface area contributed by atoms with Gasteiger partial charge in [-0.3, -0.25) is 0 Å². The second-order valence-electron chi connectivity index (χ2n) is 7.25. The molecule has 1 aromatic heterocycles. The number of urea groups is 1. The van der Waals surface area contributed by atoms with Gasteiger partial charge in [-0.2, -0.15) is 0 Å². The Morgan fingerprint density at radius 2 is 1.66 bits per heavy atom. The lowest BCUT2D eigenvalue weighted by molar-refractivity contribution is 0.122. The number of aryl methyl sites for hydroxylation is 1. The third kappa shape index (κ3) is 4.59. The lowest BCUT2D eigenvalue weighted by Gasteiger charge is -2.36. The van der Waals surface area contributed by atoms with Crippen molar-refractivity contribution >= 4 is 23.4 Å². The van der Waals surface area contributed by atoms with Gasteiger partial charge in [0.15, 0.2) is 0 Å². The second-order valence-corrected chi connectivity index (χ2v) is 7.25. The molecule has 2 amide bonds. The molecule has 0 radical (unpaired) electrons. The van der Waals surface area contributed by atoms with Gasteiger partial charge in [0.2, 0.25) is 0 Å². The Bertz CT molecular complexity index is 831. The molecular weight excluding hydrogens is 368 g/mol. The number of benzene rings is 1. The van der Waals surface area contributed by atoms with Gasteiger partial charge < -0.3 is 24.8 Å². The van der Waals surface area contributed by atoms with E-state index in [9.17, 15) is 4.79 Å². The number of carbonyl (C=O) groups excluding carboxylic acids is 1. The van der Waals surface area contributed by atoms with Crippen LogP contribution in [0.25, 0.3) is 0 Å². The summed E-state index contributed by atoms with van der Waals surface area (Å²) < 4.78 is 5.42. The van der Waals surface area contributed by atoms with Gasteiger partial charge in [0.05, 0.1) is 13.2 Å². The van der Waals surface area contributed by atoms with Gasteiger partial charge in [-0.25, -0.2) is 14.8 Å². The standard InChI is InChI=1S/C21H28N6O2/c1-2-17-5-3-4-6-18(17)24-21(28)27-9-7-25(8-10-27)19-15-20(23-16-22-19)26-11-13-29-14-12-26/h3-6,15-16H,2,7-14H2,1H3,(H,24,28). The first kappa shape index (κ1) is 19.4. The van der Waals surface area contributed by atoms with Crippen LogP contribution in [0.3, 0.4) is 0 Å². The summed E-state index contributed by atoms with van der Waals surface area (Å²) in [5.74, 6) is 1.85. The van der Waals surface area contributed by atoms with Gasteiger partial charge in [0, 0.05) is 51.0 Å². The van der Waals surface area contributed by atoms with Crippen LogP contribution in [-0.4, -0.2) is 73.4 Å². The number of rotatable bonds is 4. The number of nitrogens with one attached hydrogen (secondary N) is 1. The van der Waals surface area contributed by atoms with Crippen LogP contribution < -0.4 is 15.1 Å². The van der Waals surface area contributed by atoms with Crippen LogP contribution >= 0.6 is 0 Å². The van der Waals surface area contributed by atoms with E-state index >= 15 is 0 Å². The highest BCUT2D eigenvalue weighted by molar-refractivity contribution is 5.90. The number of piperazine rings is 1. The molecule has 2 aliphatic heterocycles. The highest BCUT2D eigenvalue weighted by Gasteiger charge is 2.23. The summed E-state index contributed by atoms with van der Waals surface area (Å²) in [5.41, 5.74) is 2.05. The molecule has 29 heavy (non-hydrogen) atoms. The second kappa shape index (κ2) is 9.09. The smallest absolute Gasteiger partial charge is 0.321 e. The van der Waals surface area contributed by atoms with Gasteiger partial charge in [0.25, 0.3) is 0 Å². The minimum absolute atomic E-state index is 0.0396. The molecule has 0 unspecified atom stereocenters. The van der Waals surface area contributed by atoms with Crippen LogP contribution in [0.5, 0.6) is 0 Å². The predicted molar refractivity (Wildman–Crippen MR) is 114 cm³/mol. The fourth-order valence-electron chi connectivity index (χ4n) is 3.76. The maximum atomic E-state index is 12.7. The Morgan fingerprint density at radius 1 is 1.00 bits per heavy atom. The molecule has 3 heterocycles. The number of nitrogens with zero attached hydrogens (tertiary/aromatic N) is 5. The van der Waals surface area contributed by atoms with E-state index in [-0.39, 0.29) is 6.03 Å². The quantitative estimate of drug-likeness (QED) is 0.854. The number of anilines is 3. The van der Waals surface area contributed by atoms with Crippen molar-refractivity contribution in [2.45, 2.75) is 13.3 Å². The van der Waals surface area contributed by atoms with Crippen molar-refractivity contribution < 1.29 is 9.53 Å². The first-order valence-corrected chi connectivity index (χ1v) is 10.3. The molecule has 0 saturated carbocycles. The fraction of sp³-hybridized carbons (Fsp3) is 0.476. The van der Waals surface area contributed by atoms with E-state index in [1.54, 1.807) is 6.33 Å². The SMILES string of the molecule is CCc1ccccc1NC(=O)N1CCN(c2cc(N3CCOCC3)ncn2)CC1. The zero-order valence-corrected chi connectivity index (χ0v) is 16.9. The molecule has 154 valence electrons. The molecule has 0 atom stereocenters. The zero-order chi connectivity index (χ0) is 20.1. The fourth-order valence-corrected chi connectivity index (χ4v) is 3.76. The topological polar surface area (TPSA) is 73.8 Å². The first-order valence-electron chi connectivity index (χ1n) is 10.3. The van der Waals surface area contributed by atoms with Crippen molar-refractivity contribution in [3.8, 4) is 0 Å². The maximum absolute atomic E-state index is 12.7. The lowest BCUT2D eigenvalue weighted by Crippen LogP contribution is -2.50. The van der Waals surface area contributed by atoms with E-state index in [0.717, 1.165) is 68.7 Å². The number of morpholine rings is 1. The number of amides is 2. The number of hydrogen-bond donors (Lipinski definition) is 1. The number of para-hydroxylation sites is 1. The Hall–Kier alpha value is -2.87. The summed E-state index contributed by atoms with van der Waals surface area (Å²) in [6.45, 7) is 8.09. The van der Waals surface area contributed by atoms with Crippen molar-refractivity contribution in [1.82, 2.24) is 14.9 Å². The number of carbonyl (C=O) groups is 1. The van der Waals surface area contributed by atoms with E-state index in [2.05, 4.69) is 38.1 Å². The molecule has 4 rings (SSSR count). The molecular formula is C21H28N6O2. The predicted octanol–water partition coefficient (Wildman–Crippen LogP) is 2.23. The number of hydrogen-bond acceptors (Lipinski definition) is 6. The van der Waals surface area contributed by atoms with E-state index in [4.69, 9.17) is 4.74 Å². The maximum Gasteiger partial charge on any atom is 0.321 e. The third-order valence-corrected chi connectivity index (χ3v) is 5.50.